The second-order valence-corrected chi connectivity index (χ2v) is 6.57. The number of anilines is 1. The molecule has 0 aliphatic carbocycles. The van der Waals surface area contributed by atoms with Crippen LogP contribution in [0.25, 0.3) is 0 Å². The number of amides is 1. The van der Waals surface area contributed by atoms with Gasteiger partial charge in [-0.1, -0.05) is 25.1 Å². The zero-order valence-electron chi connectivity index (χ0n) is 14.9. The molecule has 144 valence electrons. The highest BCUT2D eigenvalue weighted by Gasteiger charge is 2.22. The fourth-order valence-corrected chi connectivity index (χ4v) is 3.34. The van der Waals surface area contributed by atoms with Gasteiger partial charge in [-0.2, -0.15) is 5.10 Å². The molecule has 1 fully saturated rings. The maximum absolute atomic E-state index is 12.5. The lowest BCUT2D eigenvalue weighted by Gasteiger charge is -2.28. The van der Waals surface area contributed by atoms with Gasteiger partial charge in [0.2, 0.25) is 5.91 Å². The summed E-state index contributed by atoms with van der Waals surface area (Å²) in [6, 6.07) is 7.86. The minimum absolute atomic E-state index is 0. The Kier molecular flexibility index (Phi) is 9.62. The van der Waals surface area contributed by atoms with Crippen LogP contribution in [0.5, 0.6) is 0 Å². The van der Waals surface area contributed by atoms with Crippen molar-refractivity contribution in [3.63, 3.8) is 0 Å². The zero-order chi connectivity index (χ0) is 16.8. The molecule has 2 aromatic rings. The molecular weight excluding hydrogens is 373 g/mol. The lowest BCUT2D eigenvalue weighted by Crippen LogP contribution is -2.32. The summed E-state index contributed by atoms with van der Waals surface area (Å²) in [5.74, 6) is 1.14. The van der Waals surface area contributed by atoms with E-state index in [1.54, 1.807) is 11.0 Å². The molecule has 1 aromatic heterocycles. The number of halogens is 2. The Bertz CT molecular complexity index is 659. The van der Waals surface area contributed by atoms with Crippen LogP contribution in [0.3, 0.4) is 0 Å². The van der Waals surface area contributed by atoms with Crippen molar-refractivity contribution < 1.29 is 4.79 Å². The summed E-state index contributed by atoms with van der Waals surface area (Å²) in [4.78, 5) is 16.4. The Morgan fingerprint density at radius 2 is 2.04 bits per heavy atom. The van der Waals surface area contributed by atoms with E-state index in [2.05, 4.69) is 27.6 Å². The fourth-order valence-electron chi connectivity index (χ4n) is 3.34. The number of nitrogens with one attached hydrogen (secondary N) is 2. The monoisotopic (exact) mass is 399 g/mol. The number of carbonyl (C=O) groups is 1. The van der Waals surface area contributed by atoms with Gasteiger partial charge >= 0.3 is 0 Å². The number of piperidine rings is 1. The van der Waals surface area contributed by atoms with Crippen LogP contribution in [0.15, 0.2) is 36.9 Å². The molecule has 6 nitrogen and oxygen atoms in total. The highest BCUT2D eigenvalue weighted by atomic mass is 35.5. The predicted octanol–water partition coefficient (Wildman–Crippen LogP) is 3.13. The van der Waals surface area contributed by atoms with Crippen molar-refractivity contribution in [2.75, 3.05) is 18.4 Å². The Labute approximate surface area is 167 Å². The zero-order valence-corrected chi connectivity index (χ0v) is 16.6. The molecule has 0 bridgehead atoms. The van der Waals surface area contributed by atoms with E-state index < -0.39 is 0 Å². The van der Waals surface area contributed by atoms with Crippen LogP contribution in [0.4, 0.5) is 5.69 Å². The standard InChI is InChI=1S/C18H25N5O.2ClH/c1-14(15-6-8-19-9-7-15)10-18(24)22-17-5-3-2-4-16(17)11-23-13-20-12-21-23;;/h2-5,12-15,19H,6-11H2,1H3,(H,22,24);2*1H. The van der Waals surface area contributed by atoms with Crippen molar-refractivity contribution in [1.82, 2.24) is 20.1 Å². The van der Waals surface area contributed by atoms with E-state index in [4.69, 9.17) is 0 Å². The van der Waals surface area contributed by atoms with E-state index >= 15 is 0 Å². The number of aromatic nitrogens is 3. The van der Waals surface area contributed by atoms with Gasteiger partial charge in [0.15, 0.2) is 0 Å². The first kappa shape index (κ1) is 22.4. The number of rotatable bonds is 6. The molecule has 3 rings (SSSR count). The van der Waals surface area contributed by atoms with E-state index in [1.807, 2.05) is 24.3 Å². The van der Waals surface area contributed by atoms with Crippen LogP contribution in [0.2, 0.25) is 0 Å². The second kappa shape index (κ2) is 11.2. The molecule has 0 spiro atoms. The molecule has 1 aliphatic rings. The Hall–Kier alpha value is -1.63. The fraction of sp³-hybridized carbons (Fsp3) is 0.500. The summed E-state index contributed by atoms with van der Waals surface area (Å²) in [6.07, 6.45) is 6.09. The molecule has 1 saturated heterocycles. The molecule has 8 heteroatoms. The van der Waals surface area contributed by atoms with Crippen LogP contribution >= 0.6 is 24.8 Å². The summed E-state index contributed by atoms with van der Waals surface area (Å²) in [5, 5.41) is 10.6. The first-order valence-corrected chi connectivity index (χ1v) is 8.63. The van der Waals surface area contributed by atoms with Gasteiger partial charge in [0.1, 0.15) is 12.7 Å². The van der Waals surface area contributed by atoms with Gasteiger partial charge in [-0.3, -0.25) is 4.79 Å². The summed E-state index contributed by atoms with van der Waals surface area (Å²) < 4.78 is 1.75. The van der Waals surface area contributed by atoms with Gasteiger partial charge in [-0.05, 0) is 49.4 Å². The molecule has 26 heavy (non-hydrogen) atoms. The van der Waals surface area contributed by atoms with Crippen LogP contribution in [0, 0.1) is 11.8 Å². The number of carbonyl (C=O) groups excluding carboxylic acids is 1. The van der Waals surface area contributed by atoms with Crippen molar-refractivity contribution in [2.24, 2.45) is 11.8 Å². The summed E-state index contributed by atoms with van der Waals surface area (Å²) in [6.45, 7) is 4.92. The second-order valence-electron chi connectivity index (χ2n) is 6.57. The molecule has 1 amide bonds. The van der Waals surface area contributed by atoms with Gasteiger partial charge in [0, 0.05) is 12.1 Å². The normalized spacial score (nSPS) is 15.4. The van der Waals surface area contributed by atoms with Crippen molar-refractivity contribution in [3.05, 3.63) is 42.5 Å². The number of benzene rings is 1. The molecule has 2 N–H and O–H groups in total. The summed E-state index contributed by atoms with van der Waals surface area (Å²) >= 11 is 0. The van der Waals surface area contributed by atoms with E-state index in [0.717, 1.165) is 37.2 Å². The largest absolute Gasteiger partial charge is 0.326 e. The molecule has 1 atom stereocenters. The maximum atomic E-state index is 12.5. The smallest absolute Gasteiger partial charge is 0.224 e. The van der Waals surface area contributed by atoms with Crippen molar-refractivity contribution in [2.45, 2.75) is 32.7 Å². The van der Waals surface area contributed by atoms with Gasteiger partial charge in [-0.25, -0.2) is 9.67 Å². The van der Waals surface area contributed by atoms with E-state index in [9.17, 15) is 4.79 Å². The number of hydrogen-bond acceptors (Lipinski definition) is 4. The number of para-hydroxylation sites is 1. The predicted molar refractivity (Wildman–Crippen MR) is 108 cm³/mol. The van der Waals surface area contributed by atoms with Gasteiger partial charge in [-0.15, -0.1) is 24.8 Å². The Morgan fingerprint density at radius 1 is 1.31 bits per heavy atom. The van der Waals surface area contributed by atoms with Gasteiger partial charge < -0.3 is 10.6 Å². The quantitative estimate of drug-likeness (QED) is 0.782. The van der Waals surface area contributed by atoms with E-state index in [0.29, 0.717) is 24.8 Å². The number of nitrogens with zero attached hydrogens (tertiary/aromatic N) is 3. The molecule has 1 aliphatic heterocycles. The van der Waals surface area contributed by atoms with Crippen molar-refractivity contribution in [1.29, 1.82) is 0 Å². The van der Waals surface area contributed by atoms with Crippen LogP contribution in [-0.4, -0.2) is 33.8 Å². The summed E-state index contributed by atoms with van der Waals surface area (Å²) in [5.41, 5.74) is 1.89. The van der Waals surface area contributed by atoms with Crippen LogP contribution in [0.1, 0.15) is 31.7 Å². The van der Waals surface area contributed by atoms with E-state index in [-0.39, 0.29) is 30.7 Å². The molecule has 0 saturated carbocycles. The minimum Gasteiger partial charge on any atom is -0.326 e. The third-order valence-electron chi connectivity index (χ3n) is 4.79. The number of hydrogen-bond donors (Lipinski definition) is 2. The molecule has 1 unspecified atom stereocenters. The third-order valence-corrected chi connectivity index (χ3v) is 4.79. The first-order valence-electron chi connectivity index (χ1n) is 8.63. The van der Waals surface area contributed by atoms with Crippen molar-refractivity contribution >= 4 is 36.4 Å². The van der Waals surface area contributed by atoms with Gasteiger partial charge in [0.25, 0.3) is 0 Å². The first-order chi connectivity index (χ1) is 11.7. The molecule has 2 heterocycles. The molecule has 1 aromatic carbocycles. The molecule has 0 radical (unpaired) electrons. The van der Waals surface area contributed by atoms with E-state index in [1.165, 1.54) is 6.33 Å². The average molecular weight is 400 g/mol. The van der Waals surface area contributed by atoms with Gasteiger partial charge in [0.05, 0.1) is 6.54 Å². The SMILES string of the molecule is CC(CC(=O)Nc1ccccc1Cn1cncn1)C1CCNCC1.Cl.Cl. The average Bonchev–Trinajstić information content (AvgIpc) is 3.10. The maximum Gasteiger partial charge on any atom is 0.224 e. The lowest BCUT2D eigenvalue weighted by molar-refractivity contribution is -0.117. The van der Waals surface area contributed by atoms with Crippen LogP contribution in [-0.2, 0) is 11.3 Å². The topological polar surface area (TPSA) is 71.8 Å². The Balaban J connectivity index is 0.00000169. The minimum atomic E-state index is 0. The molecular formula is C18H27Cl2N5O. The van der Waals surface area contributed by atoms with Crippen molar-refractivity contribution in [3.8, 4) is 0 Å². The summed E-state index contributed by atoms with van der Waals surface area (Å²) in [7, 11) is 0. The third kappa shape index (κ3) is 6.27. The van der Waals surface area contributed by atoms with Crippen LogP contribution < -0.4 is 10.6 Å². The lowest BCUT2D eigenvalue weighted by atomic mass is 9.84. The Morgan fingerprint density at radius 3 is 2.73 bits per heavy atom. The highest BCUT2D eigenvalue weighted by Crippen LogP contribution is 2.25. The highest BCUT2D eigenvalue weighted by molar-refractivity contribution is 5.91.